The number of piperidine rings is 1. The van der Waals surface area contributed by atoms with Crippen molar-refractivity contribution in [2.45, 2.75) is 37.7 Å². The molecular weight excluding hydrogens is 316 g/mol. The number of rotatable bonds is 3. The third-order valence-corrected chi connectivity index (χ3v) is 5.06. The summed E-state index contributed by atoms with van der Waals surface area (Å²) >= 11 is 0. The van der Waals surface area contributed by atoms with Crippen LogP contribution in [0.25, 0.3) is 11.1 Å². The molecule has 0 bridgehead atoms. The smallest absolute Gasteiger partial charge is 0.251 e. The molecule has 2 atom stereocenters. The summed E-state index contributed by atoms with van der Waals surface area (Å²) in [5.74, 6) is 0.368. The number of amides is 1. The van der Waals surface area contributed by atoms with Gasteiger partial charge in [0.05, 0.1) is 5.69 Å². The van der Waals surface area contributed by atoms with Crippen molar-refractivity contribution in [3.63, 3.8) is 0 Å². The Morgan fingerprint density at radius 3 is 2.84 bits per heavy atom. The van der Waals surface area contributed by atoms with E-state index in [1.807, 2.05) is 23.2 Å². The third kappa shape index (κ3) is 3.39. The molecule has 25 heavy (non-hydrogen) atoms. The van der Waals surface area contributed by atoms with Crippen molar-refractivity contribution < 1.29 is 9.53 Å². The van der Waals surface area contributed by atoms with Crippen LogP contribution in [0.4, 0.5) is 0 Å². The zero-order valence-corrected chi connectivity index (χ0v) is 14.2. The topological polar surface area (TPSA) is 68.2 Å². The van der Waals surface area contributed by atoms with Gasteiger partial charge < -0.3 is 9.64 Å². The highest BCUT2D eigenvalue weighted by Gasteiger charge is 2.33. The van der Waals surface area contributed by atoms with Gasteiger partial charge >= 0.3 is 0 Å². The Morgan fingerprint density at radius 1 is 1.16 bits per heavy atom. The van der Waals surface area contributed by atoms with Crippen LogP contribution in [0.3, 0.4) is 0 Å². The van der Waals surface area contributed by atoms with E-state index >= 15 is 0 Å². The molecular formula is C19H22N4O2. The number of hydrogen-bond donors (Lipinski definition) is 0. The van der Waals surface area contributed by atoms with Crippen LogP contribution in [0.2, 0.25) is 0 Å². The van der Waals surface area contributed by atoms with Crippen molar-refractivity contribution in [2.75, 3.05) is 19.7 Å². The first-order valence-electron chi connectivity index (χ1n) is 8.93. The summed E-state index contributed by atoms with van der Waals surface area (Å²) in [7, 11) is 0. The third-order valence-electron chi connectivity index (χ3n) is 5.06. The molecule has 2 aromatic rings. The van der Waals surface area contributed by atoms with Crippen molar-refractivity contribution in [3.8, 4) is 11.1 Å². The summed E-state index contributed by atoms with van der Waals surface area (Å²) in [5, 5.41) is 0. The highest BCUT2D eigenvalue weighted by atomic mass is 16.5. The molecule has 6 nitrogen and oxygen atoms in total. The van der Waals surface area contributed by atoms with Crippen LogP contribution in [0, 0.1) is 0 Å². The number of carbonyl (C=O) groups excluding carboxylic acids is 1. The van der Waals surface area contributed by atoms with Crippen LogP contribution in [-0.2, 0) is 9.53 Å². The molecule has 2 fully saturated rings. The lowest BCUT2D eigenvalue weighted by Crippen LogP contribution is -2.44. The Kier molecular flexibility index (Phi) is 4.70. The molecule has 0 N–H and O–H groups in total. The molecule has 1 amide bonds. The minimum Gasteiger partial charge on any atom is -0.368 e. The molecule has 0 saturated carbocycles. The van der Waals surface area contributed by atoms with Crippen LogP contribution in [0.15, 0.2) is 37.1 Å². The van der Waals surface area contributed by atoms with E-state index in [1.165, 1.54) is 0 Å². The zero-order chi connectivity index (χ0) is 17.1. The minimum absolute atomic E-state index is 0.140. The van der Waals surface area contributed by atoms with Crippen molar-refractivity contribution in [1.29, 1.82) is 0 Å². The Balaban J connectivity index is 1.57. The molecule has 0 unspecified atom stereocenters. The van der Waals surface area contributed by atoms with E-state index in [4.69, 9.17) is 4.74 Å². The van der Waals surface area contributed by atoms with Gasteiger partial charge in [-0.15, -0.1) is 0 Å². The van der Waals surface area contributed by atoms with Crippen LogP contribution in [0.5, 0.6) is 0 Å². The summed E-state index contributed by atoms with van der Waals surface area (Å²) in [6.45, 7) is 2.21. The number of pyridine rings is 1. The normalized spacial score (nSPS) is 23.6. The maximum atomic E-state index is 12.7. The first kappa shape index (κ1) is 16.1. The highest BCUT2D eigenvalue weighted by molar-refractivity contribution is 5.81. The Hall–Kier alpha value is -2.34. The Morgan fingerprint density at radius 2 is 2.04 bits per heavy atom. The second kappa shape index (κ2) is 7.27. The van der Waals surface area contributed by atoms with Gasteiger partial charge in [-0.3, -0.25) is 9.78 Å². The van der Waals surface area contributed by atoms with E-state index in [0.29, 0.717) is 13.2 Å². The van der Waals surface area contributed by atoms with Crippen LogP contribution in [-0.4, -0.2) is 51.6 Å². The summed E-state index contributed by atoms with van der Waals surface area (Å²) in [6, 6.07) is 3.95. The van der Waals surface area contributed by atoms with Gasteiger partial charge in [-0.2, -0.15) is 0 Å². The van der Waals surface area contributed by atoms with E-state index in [1.54, 1.807) is 18.7 Å². The van der Waals surface area contributed by atoms with E-state index in [0.717, 1.165) is 49.0 Å². The maximum Gasteiger partial charge on any atom is 0.251 e. The predicted octanol–water partition coefficient (Wildman–Crippen LogP) is 2.42. The number of likely N-dealkylation sites (tertiary alicyclic amines) is 1. The molecule has 0 aliphatic carbocycles. The van der Waals surface area contributed by atoms with E-state index in [9.17, 15) is 4.79 Å². The molecule has 2 aromatic heterocycles. The van der Waals surface area contributed by atoms with Crippen LogP contribution in [0.1, 0.15) is 37.3 Å². The lowest BCUT2D eigenvalue weighted by molar-refractivity contribution is -0.142. The second-order valence-electron chi connectivity index (χ2n) is 6.68. The largest absolute Gasteiger partial charge is 0.368 e. The van der Waals surface area contributed by atoms with Crippen LogP contribution < -0.4 is 0 Å². The fraction of sp³-hybridized carbons (Fsp3) is 0.474. The SMILES string of the molecule is O=C([C@@H]1CCCO1)N1CCC[C@@H](c2ncncc2-c2ccncc2)C1. The van der Waals surface area contributed by atoms with Gasteiger partial charge in [0.15, 0.2) is 0 Å². The molecule has 0 aromatic carbocycles. The van der Waals surface area contributed by atoms with Gasteiger partial charge in [0.1, 0.15) is 12.4 Å². The summed E-state index contributed by atoms with van der Waals surface area (Å²) in [4.78, 5) is 27.5. The number of aromatic nitrogens is 3. The maximum absolute atomic E-state index is 12.7. The summed E-state index contributed by atoms with van der Waals surface area (Å²) in [6.07, 6.45) is 10.6. The lowest BCUT2D eigenvalue weighted by Gasteiger charge is -2.34. The quantitative estimate of drug-likeness (QED) is 0.860. The van der Waals surface area contributed by atoms with Gasteiger partial charge in [0, 0.05) is 49.8 Å². The second-order valence-corrected chi connectivity index (χ2v) is 6.68. The molecule has 0 spiro atoms. The number of carbonyl (C=O) groups is 1. The molecule has 130 valence electrons. The fourth-order valence-corrected chi connectivity index (χ4v) is 3.79. The summed E-state index contributed by atoms with van der Waals surface area (Å²) in [5.41, 5.74) is 3.11. The fourth-order valence-electron chi connectivity index (χ4n) is 3.79. The predicted molar refractivity (Wildman–Crippen MR) is 92.8 cm³/mol. The van der Waals surface area contributed by atoms with Gasteiger partial charge in [0.2, 0.25) is 0 Å². The average molecular weight is 338 g/mol. The van der Waals surface area contributed by atoms with Gasteiger partial charge in [0.25, 0.3) is 5.91 Å². The standard InChI is InChI=1S/C19H22N4O2/c24-19(17-4-2-10-25-17)23-9-1-3-15(12-23)18-16(11-21-13-22-18)14-5-7-20-8-6-14/h5-8,11,13,15,17H,1-4,9-10,12H2/t15-,17+/m1/s1. The van der Waals surface area contributed by atoms with Crippen molar-refractivity contribution in [1.82, 2.24) is 19.9 Å². The van der Waals surface area contributed by atoms with Crippen molar-refractivity contribution in [3.05, 3.63) is 42.7 Å². The average Bonchev–Trinajstić information content (AvgIpc) is 3.23. The highest BCUT2D eigenvalue weighted by Crippen LogP contribution is 2.33. The monoisotopic (exact) mass is 338 g/mol. The van der Waals surface area contributed by atoms with Crippen LogP contribution >= 0.6 is 0 Å². The van der Waals surface area contributed by atoms with E-state index < -0.39 is 0 Å². The first-order valence-corrected chi connectivity index (χ1v) is 8.93. The molecule has 6 heteroatoms. The first-order chi connectivity index (χ1) is 12.3. The van der Waals surface area contributed by atoms with Crippen molar-refractivity contribution in [2.24, 2.45) is 0 Å². The minimum atomic E-state index is -0.246. The van der Waals surface area contributed by atoms with Gasteiger partial charge in [-0.05, 0) is 43.4 Å². The summed E-state index contributed by atoms with van der Waals surface area (Å²) < 4.78 is 5.58. The van der Waals surface area contributed by atoms with Gasteiger partial charge in [-0.1, -0.05) is 0 Å². The molecule has 0 radical (unpaired) electrons. The van der Waals surface area contributed by atoms with E-state index in [2.05, 4.69) is 15.0 Å². The number of nitrogens with zero attached hydrogens (tertiary/aromatic N) is 4. The molecule has 2 aliphatic rings. The lowest BCUT2D eigenvalue weighted by atomic mass is 9.90. The molecule has 4 rings (SSSR count). The molecule has 2 saturated heterocycles. The van der Waals surface area contributed by atoms with E-state index in [-0.39, 0.29) is 17.9 Å². The molecule has 4 heterocycles. The van der Waals surface area contributed by atoms with Gasteiger partial charge in [-0.25, -0.2) is 9.97 Å². The molecule has 2 aliphatic heterocycles. The number of ether oxygens (including phenoxy) is 1. The zero-order valence-electron chi connectivity index (χ0n) is 14.2. The Labute approximate surface area is 147 Å². The Bertz CT molecular complexity index is 731. The van der Waals surface area contributed by atoms with Crippen molar-refractivity contribution >= 4 is 5.91 Å². The number of hydrogen-bond acceptors (Lipinski definition) is 5.